The van der Waals surface area contributed by atoms with Crippen LogP contribution in [-0.2, 0) is 4.79 Å². The number of nitrogens with two attached hydrogens (primary N) is 1. The van der Waals surface area contributed by atoms with Gasteiger partial charge in [0, 0.05) is 11.4 Å². The number of nitrogens with zero attached hydrogens (tertiary/aromatic N) is 2. The van der Waals surface area contributed by atoms with Crippen molar-refractivity contribution in [3.63, 3.8) is 0 Å². The van der Waals surface area contributed by atoms with Gasteiger partial charge in [-0.2, -0.15) is 0 Å². The molecule has 0 spiro atoms. The van der Waals surface area contributed by atoms with Crippen LogP contribution in [0.5, 0.6) is 5.75 Å². The number of aromatic nitrogens is 2. The number of nitrogens with one attached hydrogen (secondary N) is 1. The third-order valence-corrected chi connectivity index (χ3v) is 4.20. The summed E-state index contributed by atoms with van der Waals surface area (Å²) in [6, 6.07) is 8.64. The van der Waals surface area contributed by atoms with E-state index in [9.17, 15) is 9.59 Å². The number of aryl methyl sites for hydroxylation is 1. The second-order valence-electron chi connectivity index (χ2n) is 6.74. The van der Waals surface area contributed by atoms with Crippen LogP contribution in [0, 0.1) is 6.92 Å². The molecule has 0 aliphatic heterocycles. The van der Waals surface area contributed by atoms with Crippen molar-refractivity contribution in [2.75, 3.05) is 11.9 Å². The summed E-state index contributed by atoms with van der Waals surface area (Å²) in [6.45, 7) is 5.98. The number of carbonyl (C=O) groups is 2. The van der Waals surface area contributed by atoms with Crippen LogP contribution in [0.1, 0.15) is 47.9 Å². The minimum atomic E-state index is -0.419. The topological polar surface area (TPSA) is 120 Å². The van der Waals surface area contributed by atoms with Gasteiger partial charge in [-0.15, -0.1) is 0 Å². The molecule has 0 aliphatic rings. The van der Waals surface area contributed by atoms with Gasteiger partial charge < -0.3 is 20.3 Å². The fourth-order valence-corrected chi connectivity index (χ4v) is 2.69. The maximum absolute atomic E-state index is 12.9. The lowest BCUT2D eigenvalue weighted by Crippen LogP contribution is -2.15. The Labute approximate surface area is 162 Å². The number of pyridine rings is 1. The van der Waals surface area contributed by atoms with Gasteiger partial charge >= 0.3 is 0 Å². The average molecular weight is 382 g/mol. The van der Waals surface area contributed by atoms with E-state index < -0.39 is 5.91 Å². The minimum absolute atomic E-state index is 0.137. The number of anilines is 1. The Morgan fingerprint density at radius 3 is 2.61 bits per heavy atom. The lowest BCUT2D eigenvalue weighted by Gasteiger charge is -2.10. The van der Waals surface area contributed by atoms with Crippen molar-refractivity contribution in [2.45, 2.75) is 33.1 Å². The van der Waals surface area contributed by atoms with E-state index >= 15 is 0 Å². The van der Waals surface area contributed by atoms with Crippen molar-refractivity contribution < 1.29 is 18.8 Å². The quantitative estimate of drug-likeness (QED) is 0.647. The molecule has 0 saturated heterocycles. The zero-order valence-electron chi connectivity index (χ0n) is 16.0. The molecular formula is C20H22N4O4. The Bertz CT molecular complexity index is 1010. The maximum atomic E-state index is 12.9. The van der Waals surface area contributed by atoms with Crippen LogP contribution in [0.25, 0.3) is 11.1 Å². The van der Waals surface area contributed by atoms with Crippen molar-refractivity contribution in [3.8, 4) is 5.75 Å². The summed E-state index contributed by atoms with van der Waals surface area (Å²) in [7, 11) is 0. The number of primary amides is 1. The number of carbonyl (C=O) groups excluding carboxylic acids is 2. The third-order valence-electron chi connectivity index (χ3n) is 4.20. The number of rotatable bonds is 7. The number of benzene rings is 1. The molecule has 2 aromatic heterocycles. The van der Waals surface area contributed by atoms with E-state index in [0.717, 1.165) is 5.69 Å². The van der Waals surface area contributed by atoms with Crippen molar-refractivity contribution in [1.82, 2.24) is 10.1 Å². The molecular weight excluding hydrogens is 360 g/mol. The highest BCUT2D eigenvalue weighted by atomic mass is 16.5. The summed E-state index contributed by atoms with van der Waals surface area (Å²) in [5, 5.41) is 7.41. The van der Waals surface area contributed by atoms with E-state index in [1.165, 1.54) is 0 Å². The van der Waals surface area contributed by atoms with Gasteiger partial charge in [0.15, 0.2) is 0 Å². The lowest BCUT2D eigenvalue weighted by atomic mass is 10.0. The van der Waals surface area contributed by atoms with Crippen LogP contribution in [0.15, 0.2) is 34.9 Å². The molecule has 0 saturated carbocycles. The molecule has 28 heavy (non-hydrogen) atoms. The largest absolute Gasteiger partial charge is 0.493 e. The number of fused-ring (bicyclic) bond motifs is 1. The molecule has 146 valence electrons. The highest BCUT2D eigenvalue weighted by molar-refractivity contribution is 6.12. The highest BCUT2D eigenvalue weighted by Crippen LogP contribution is 2.26. The second kappa shape index (κ2) is 8.08. The van der Waals surface area contributed by atoms with Gasteiger partial charge in [0.1, 0.15) is 5.75 Å². The van der Waals surface area contributed by atoms with E-state index in [1.54, 1.807) is 37.3 Å². The second-order valence-corrected chi connectivity index (χ2v) is 6.74. The van der Waals surface area contributed by atoms with Crippen molar-refractivity contribution in [2.24, 2.45) is 5.73 Å². The molecule has 2 amide bonds. The molecule has 0 unspecified atom stereocenters. The Morgan fingerprint density at radius 1 is 1.25 bits per heavy atom. The van der Waals surface area contributed by atoms with Gasteiger partial charge in [0.25, 0.3) is 11.6 Å². The van der Waals surface area contributed by atoms with Gasteiger partial charge in [-0.25, -0.2) is 4.98 Å². The summed E-state index contributed by atoms with van der Waals surface area (Å²) in [4.78, 5) is 28.1. The number of ether oxygens (including phenoxy) is 1. The highest BCUT2D eigenvalue weighted by Gasteiger charge is 2.19. The molecule has 3 aromatic rings. The van der Waals surface area contributed by atoms with Crippen LogP contribution >= 0.6 is 0 Å². The Morgan fingerprint density at radius 2 is 1.96 bits per heavy atom. The zero-order valence-corrected chi connectivity index (χ0v) is 16.0. The molecule has 0 atom stereocenters. The van der Waals surface area contributed by atoms with Gasteiger partial charge in [-0.3, -0.25) is 9.59 Å². The standard InChI is InChI=1S/C20H22N4O4/c1-11(2)16-10-15(18-12(3)24-28-20(18)23-16)19(26)22-13-4-6-14(7-5-13)27-9-8-17(21)25/h4-7,10-11H,8-9H2,1-3H3,(H2,21,25)(H,22,26). The van der Waals surface area contributed by atoms with Gasteiger partial charge in [-0.05, 0) is 43.2 Å². The molecule has 2 heterocycles. The van der Waals surface area contributed by atoms with Crippen LogP contribution < -0.4 is 15.8 Å². The van der Waals surface area contributed by atoms with Gasteiger partial charge in [-0.1, -0.05) is 19.0 Å². The van der Waals surface area contributed by atoms with E-state index in [1.807, 2.05) is 13.8 Å². The van der Waals surface area contributed by atoms with Crippen molar-refractivity contribution >= 4 is 28.6 Å². The molecule has 8 heteroatoms. The first-order valence-electron chi connectivity index (χ1n) is 8.94. The van der Waals surface area contributed by atoms with Gasteiger partial charge in [0.2, 0.25) is 5.91 Å². The number of amides is 2. The van der Waals surface area contributed by atoms with E-state index in [4.69, 9.17) is 15.0 Å². The predicted molar refractivity (Wildman–Crippen MR) is 104 cm³/mol. The molecule has 0 fully saturated rings. The summed E-state index contributed by atoms with van der Waals surface area (Å²) in [6.07, 6.45) is 0.146. The van der Waals surface area contributed by atoms with Crippen LogP contribution in [0.3, 0.4) is 0 Å². The summed E-state index contributed by atoms with van der Waals surface area (Å²) in [5.41, 5.74) is 7.88. The average Bonchev–Trinajstić information content (AvgIpc) is 3.03. The molecule has 3 rings (SSSR count). The van der Waals surface area contributed by atoms with E-state index in [0.29, 0.717) is 33.8 Å². The fraction of sp³-hybridized carbons (Fsp3) is 0.300. The predicted octanol–water partition coefficient (Wildman–Crippen LogP) is 3.16. The molecule has 0 radical (unpaired) electrons. The number of hydrogen-bond donors (Lipinski definition) is 2. The third kappa shape index (κ3) is 4.28. The summed E-state index contributed by atoms with van der Waals surface area (Å²) < 4.78 is 10.7. The smallest absolute Gasteiger partial charge is 0.259 e. The van der Waals surface area contributed by atoms with Crippen molar-refractivity contribution in [3.05, 3.63) is 47.3 Å². The fourth-order valence-electron chi connectivity index (χ4n) is 2.69. The Balaban J connectivity index is 1.79. The monoisotopic (exact) mass is 382 g/mol. The van der Waals surface area contributed by atoms with Crippen molar-refractivity contribution in [1.29, 1.82) is 0 Å². The summed E-state index contributed by atoms with van der Waals surface area (Å²) >= 11 is 0. The summed E-state index contributed by atoms with van der Waals surface area (Å²) in [5.74, 6) is 0.0288. The normalized spacial score (nSPS) is 11.0. The van der Waals surface area contributed by atoms with Crippen LogP contribution in [0.4, 0.5) is 5.69 Å². The molecule has 0 bridgehead atoms. The Kier molecular flexibility index (Phi) is 5.58. The first-order valence-corrected chi connectivity index (χ1v) is 8.94. The lowest BCUT2D eigenvalue weighted by molar-refractivity contribution is -0.118. The van der Waals surface area contributed by atoms with Gasteiger partial charge in [0.05, 0.1) is 29.7 Å². The first kappa shape index (κ1) is 19.3. The first-order chi connectivity index (χ1) is 13.3. The molecule has 1 aromatic carbocycles. The van der Waals surface area contributed by atoms with E-state index in [-0.39, 0.29) is 24.9 Å². The molecule has 8 nitrogen and oxygen atoms in total. The SMILES string of the molecule is Cc1noc2nc(C(C)C)cc(C(=O)Nc3ccc(OCCC(N)=O)cc3)c12. The van der Waals surface area contributed by atoms with Crippen LogP contribution in [0.2, 0.25) is 0 Å². The molecule has 3 N–H and O–H groups in total. The number of hydrogen-bond acceptors (Lipinski definition) is 6. The van der Waals surface area contributed by atoms with E-state index in [2.05, 4.69) is 15.5 Å². The zero-order chi connectivity index (χ0) is 20.3. The molecule has 0 aliphatic carbocycles. The Hall–Kier alpha value is -3.42. The maximum Gasteiger partial charge on any atom is 0.259 e. The van der Waals surface area contributed by atoms with Crippen LogP contribution in [-0.4, -0.2) is 28.6 Å². The minimum Gasteiger partial charge on any atom is -0.493 e.